The molecule has 1 saturated heterocycles. The van der Waals surface area contributed by atoms with Gasteiger partial charge in [0.2, 0.25) is 0 Å². The molecule has 4 rings (SSSR count). The number of aromatic nitrogens is 2. The van der Waals surface area contributed by atoms with E-state index in [0.717, 1.165) is 56.7 Å². The number of piperidine rings is 1. The third kappa shape index (κ3) is 6.96. The van der Waals surface area contributed by atoms with E-state index in [1.54, 1.807) is 13.3 Å². The van der Waals surface area contributed by atoms with Crippen molar-refractivity contribution in [1.29, 1.82) is 0 Å². The SMILES string of the molecule is CN=C/C=C\C=C\C(=C1CCN(CCCNc2ccnc3cc(C)ccc23)CC1)c1ccccn1. The predicted octanol–water partition coefficient (Wildman–Crippen LogP) is 6.10. The molecular weight excluding hydrogens is 430 g/mol. The summed E-state index contributed by atoms with van der Waals surface area (Å²) < 4.78 is 0. The van der Waals surface area contributed by atoms with Gasteiger partial charge in [0.25, 0.3) is 0 Å². The van der Waals surface area contributed by atoms with Crippen LogP contribution in [-0.4, -0.2) is 54.3 Å². The number of nitrogens with one attached hydrogen (secondary N) is 1. The lowest BCUT2D eigenvalue weighted by molar-refractivity contribution is 0.256. The minimum Gasteiger partial charge on any atom is -0.384 e. The van der Waals surface area contributed by atoms with Crippen molar-refractivity contribution in [1.82, 2.24) is 14.9 Å². The number of aliphatic imine (C=N–C) groups is 1. The number of aryl methyl sites for hydroxylation is 1. The van der Waals surface area contributed by atoms with Crippen molar-refractivity contribution in [2.75, 3.05) is 38.5 Å². The van der Waals surface area contributed by atoms with Gasteiger partial charge in [0, 0.05) is 56.4 Å². The van der Waals surface area contributed by atoms with E-state index >= 15 is 0 Å². The summed E-state index contributed by atoms with van der Waals surface area (Å²) in [5, 5.41) is 4.82. The fraction of sp³-hybridized carbons (Fsp3) is 0.300. The Balaban J connectivity index is 1.31. The Morgan fingerprint density at radius 3 is 2.71 bits per heavy atom. The van der Waals surface area contributed by atoms with Gasteiger partial charge >= 0.3 is 0 Å². The van der Waals surface area contributed by atoms with Crippen LogP contribution in [0, 0.1) is 6.92 Å². The van der Waals surface area contributed by atoms with Crippen LogP contribution in [0.3, 0.4) is 0 Å². The summed E-state index contributed by atoms with van der Waals surface area (Å²) in [5.41, 5.74) is 7.26. The standard InChI is InChI=1S/C30H35N5/c1-24-11-12-27-29(13-19-34-30(27)23-24)33-18-8-20-35-21-14-25(15-22-35)26(9-4-3-6-16-31-2)28-10-5-7-17-32-28/h3-7,9-13,16-17,19,23H,8,14-15,18,20-22H2,1-2H3,(H,33,34)/b6-3-,9-4+,31-16?. The van der Waals surface area contributed by atoms with E-state index in [0.29, 0.717) is 0 Å². The van der Waals surface area contributed by atoms with E-state index < -0.39 is 0 Å². The van der Waals surface area contributed by atoms with Crippen LogP contribution in [0.15, 0.2) is 89.7 Å². The Morgan fingerprint density at radius 2 is 1.91 bits per heavy atom. The van der Waals surface area contributed by atoms with Crippen molar-refractivity contribution < 1.29 is 0 Å². The van der Waals surface area contributed by atoms with Crippen LogP contribution in [0.5, 0.6) is 0 Å². The molecule has 3 aromatic rings. The molecule has 0 saturated carbocycles. The Labute approximate surface area is 209 Å². The maximum atomic E-state index is 4.62. The highest BCUT2D eigenvalue weighted by Crippen LogP contribution is 2.27. The van der Waals surface area contributed by atoms with Gasteiger partial charge in [-0.15, -0.1) is 0 Å². The molecule has 1 aromatic carbocycles. The summed E-state index contributed by atoms with van der Waals surface area (Å²) in [6.07, 6.45) is 17.1. The first-order valence-corrected chi connectivity index (χ1v) is 12.4. The first-order valence-electron chi connectivity index (χ1n) is 12.4. The topological polar surface area (TPSA) is 53.4 Å². The van der Waals surface area contributed by atoms with Gasteiger partial charge in [0.15, 0.2) is 0 Å². The number of hydrogen-bond acceptors (Lipinski definition) is 5. The van der Waals surface area contributed by atoms with Crippen molar-refractivity contribution in [3.8, 4) is 0 Å². The second-order valence-corrected chi connectivity index (χ2v) is 8.88. The summed E-state index contributed by atoms with van der Waals surface area (Å²) in [6.45, 7) is 6.36. The minimum atomic E-state index is 0.960. The van der Waals surface area contributed by atoms with Gasteiger partial charge in [0.1, 0.15) is 0 Å². The van der Waals surface area contributed by atoms with Gasteiger partial charge in [0.05, 0.1) is 11.2 Å². The first-order chi connectivity index (χ1) is 17.2. The predicted molar refractivity (Wildman–Crippen MR) is 149 cm³/mol. The van der Waals surface area contributed by atoms with Crippen molar-refractivity contribution in [3.63, 3.8) is 0 Å². The largest absolute Gasteiger partial charge is 0.384 e. The molecule has 0 bridgehead atoms. The molecule has 1 aliphatic rings. The van der Waals surface area contributed by atoms with Crippen LogP contribution in [0.1, 0.15) is 30.5 Å². The van der Waals surface area contributed by atoms with Gasteiger partial charge in [-0.3, -0.25) is 15.0 Å². The maximum absolute atomic E-state index is 4.62. The zero-order valence-corrected chi connectivity index (χ0v) is 20.8. The van der Waals surface area contributed by atoms with Crippen LogP contribution in [0.2, 0.25) is 0 Å². The quantitative estimate of drug-likeness (QED) is 0.236. The fourth-order valence-corrected chi connectivity index (χ4v) is 4.51. The second kappa shape index (κ2) is 12.8. The van der Waals surface area contributed by atoms with Crippen molar-refractivity contribution in [2.45, 2.75) is 26.2 Å². The molecule has 0 unspecified atom stereocenters. The fourth-order valence-electron chi connectivity index (χ4n) is 4.51. The zero-order chi connectivity index (χ0) is 24.3. The van der Waals surface area contributed by atoms with E-state index in [2.05, 4.69) is 80.7 Å². The lowest BCUT2D eigenvalue weighted by atomic mass is 9.95. The average Bonchev–Trinajstić information content (AvgIpc) is 2.89. The molecule has 1 N–H and O–H groups in total. The number of hydrogen-bond donors (Lipinski definition) is 1. The number of benzene rings is 1. The summed E-state index contributed by atoms with van der Waals surface area (Å²) in [4.78, 5) is 15.7. The molecule has 5 heteroatoms. The number of fused-ring (bicyclic) bond motifs is 1. The third-order valence-corrected chi connectivity index (χ3v) is 6.37. The van der Waals surface area contributed by atoms with Crippen molar-refractivity contribution >= 4 is 28.4 Å². The van der Waals surface area contributed by atoms with Gasteiger partial charge in [-0.2, -0.15) is 0 Å². The van der Waals surface area contributed by atoms with Crippen LogP contribution < -0.4 is 5.32 Å². The Morgan fingerprint density at radius 1 is 1.03 bits per heavy atom. The minimum absolute atomic E-state index is 0.960. The van der Waals surface area contributed by atoms with Crippen molar-refractivity contribution in [3.05, 3.63) is 96.0 Å². The van der Waals surface area contributed by atoms with Gasteiger partial charge < -0.3 is 10.2 Å². The van der Waals surface area contributed by atoms with Gasteiger partial charge in [-0.1, -0.05) is 42.0 Å². The lowest BCUT2D eigenvalue weighted by Gasteiger charge is -2.29. The molecular formula is C30H35N5. The molecule has 0 atom stereocenters. The number of nitrogens with zero attached hydrogens (tertiary/aromatic N) is 4. The Hall–Kier alpha value is -3.57. The molecule has 0 spiro atoms. The summed E-state index contributed by atoms with van der Waals surface area (Å²) in [5.74, 6) is 0. The van der Waals surface area contributed by atoms with Crippen LogP contribution in [0.25, 0.3) is 16.5 Å². The van der Waals surface area contributed by atoms with Crippen LogP contribution >= 0.6 is 0 Å². The second-order valence-electron chi connectivity index (χ2n) is 8.88. The molecule has 0 radical (unpaired) electrons. The highest BCUT2D eigenvalue weighted by atomic mass is 15.1. The zero-order valence-electron chi connectivity index (χ0n) is 20.8. The highest BCUT2D eigenvalue weighted by Gasteiger charge is 2.17. The van der Waals surface area contributed by atoms with E-state index in [4.69, 9.17) is 0 Å². The molecule has 180 valence electrons. The third-order valence-electron chi connectivity index (χ3n) is 6.37. The Kier molecular flexibility index (Phi) is 8.96. The molecule has 5 nitrogen and oxygen atoms in total. The van der Waals surface area contributed by atoms with Crippen LogP contribution in [0.4, 0.5) is 5.69 Å². The normalized spacial score (nSPS) is 15.1. The van der Waals surface area contributed by atoms with Crippen molar-refractivity contribution in [2.24, 2.45) is 4.99 Å². The molecule has 1 aliphatic heterocycles. The van der Waals surface area contributed by atoms with Gasteiger partial charge in [-0.05, 0) is 74.2 Å². The molecule has 3 heterocycles. The smallest absolute Gasteiger partial charge is 0.0725 e. The molecule has 0 aliphatic carbocycles. The number of allylic oxidation sites excluding steroid dienone is 5. The average molecular weight is 466 g/mol. The number of pyridine rings is 2. The molecule has 35 heavy (non-hydrogen) atoms. The lowest BCUT2D eigenvalue weighted by Crippen LogP contribution is -2.32. The Bertz CT molecular complexity index is 1210. The van der Waals surface area contributed by atoms with E-state index in [9.17, 15) is 0 Å². The number of anilines is 1. The van der Waals surface area contributed by atoms with E-state index in [1.165, 1.54) is 27.8 Å². The first kappa shape index (κ1) is 24.6. The summed E-state index contributed by atoms with van der Waals surface area (Å²) >= 11 is 0. The van der Waals surface area contributed by atoms with E-state index in [-0.39, 0.29) is 0 Å². The summed E-state index contributed by atoms with van der Waals surface area (Å²) in [6, 6.07) is 14.7. The molecule has 0 amide bonds. The number of likely N-dealkylation sites (tertiary alicyclic amines) is 1. The molecule has 2 aromatic heterocycles. The monoisotopic (exact) mass is 465 g/mol. The summed E-state index contributed by atoms with van der Waals surface area (Å²) in [7, 11) is 1.78. The highest BCUT2D eigenvalue weighted by molar-refractivity contribution is 5.91. The van der Waals surface area contributed by atoms with Crippen LogP contribution in [-0.2, 0) is 0 Å². The van der Waals surface area contributed by atoms with E-state index in [1.807, 2.05) is 30.6 Å². The molecule has 1 fully saturated rings. The van der Waals surface area contributed by atoms with Gasteiger partial charge in [-0.25, -0.2) is 0 Å². The maximum Gasteiger partial charge on any atom is 0.0725 e. The number of rotatable bonds is 9.